The minimum absolute atomic E-state index is 0.212. The molecule has 0 radical (unpaired) electrons. The summed E-state index contributed by atoms with van der Waals surface area (Å²) in [7, 11) is 1.59. The number of ether oxygens (including phenoxy) is 3. The first-order valence-electron chi connectivity index (χ1n) is 11.6. The fourth-order valence-electron chi connectivity index (χ4n) is 4.09. The Morgan fingerprint density at radius 3 is 2.69 bits per heavy atom. The van der Waals surface area contributed by atoms with Gasteiger partial charge in [0.15, 0.2) is 4.80 Å². The van der Waals surface area contributed by atoms with Crippen LogP contribution < -0.4 is 24.4 Å². The van der Waals surface area contributed by atoms with Crippen LogP contribution >= 0.6 is 27.3 Å². The quantitative estimate of drug-likeness (QED) is 0.376. The van der Waals surface area contributed by atoms with Crippen LogP contribution in [-0.2, 0) is 9.53 Å². The van der Waals surface area contributed by atoms with Crippen LogP contribution in [-0.4, -0.2) is 30.9 Å². The summed E-state index contributed by atoms with van der Waals surface area (Å²) in [4.78, 5) is 32.1. The molecule has 1 aromatic heterocycles. The SMILES string of the molecule is CCCOc1ccccc1C1C(C(=O)OCC)=C(C)N=c2s/c(=C\c3cc(Br)ccc3OC)c(=O)n21. The average Bonchev–Trinajstić information content (AvgIpc) is 3.16. The summed E-state index contributed by atoms with van der Waals surface area (Å²) < 4.78 is 19.8. The maximum Gasteiger partial charge on any atom is 0.338 e. The predicted molar refractivity (Wildman–Crippen MR) is 143 cm³/mol. The number of halogens is 1. The van der Waals surface area contributed by atoms with Crippen molar-refractivity contribution in [3.8, 4) is 11.5 Å². The van der Waals surface area contributed by atoms with Crippen molar-refractivity contribution in [3.63, 3.8) is 0 Å². The monoisotopic (exact) mass is 570 g/mol. The van der Waals surface area contributed by atoms with E-state index in [1.54, 1.807) is 31.6 Å². The topological polar surface area (TPSA) is 79.1 Å². The first-order valence-corrected chi connectivity index (χ1v) is 13.2. The molecule has 4 rings (SSSR count). The van der Waals surface area contributed by atoms with E-state index < -0.39 is 12.0 Å². The van der Waals surface area contributed by atoms with Gasteiger partial charge in [-0.15, -0.1) is 0 Å². The number of rotatable bonds is 8. The molecule has 1 atom stereocenters. The van der Waals surface area contributed by atoms with Crippen molar-refractivity contribution in [2.45, 2.75) is 33.2 Å². The summed E-state index contributed by atoms with van der Waals surface area (Å²) >= 11 is 4.75. The minimum atomic E-state index is -0.736. The Kier molecular flexibility index (Phi) is 8.11. The molecule has 1 aliphatic rings. The summed E-state index contributed by atoms with van der Waals surface area (Å²) in [6, 6.07) is 12.3. The molecule has 2 aromatic carbocycles. The van der Waals surface area contributed by atoms with Crippen molar-refractivity contribution in [3.05, 3.63) is 89.0 Å². The van der Waals surface area contributed by atoms with E-state index >= 15 is 0 Å². The number of fused-ring (bicyclic) bond motifs is 1. The van der Waals surface area contributed by atoms with Gasteiger partial charge in [-0.1, -0.05) is 52.4 Å². The molecule has 188 valence electrons. The van der Waals surface area contributed by atoms with Crippen LogP contribution in [0.4, 0.5) is 0 Å². The van der Waals surface area contributed by atoms with E-state index in [2.05, 4.69) is 20.9 Å². The van der Waals surface area contributed by atoms with Crippen LogP contribution in [0.15, 0.2) is 68.0 Å². The molecule has 0 bridgehead atoms. The molecule has 7 nitrogen and oxygen atoms in total. The number of benzene rings is 2. The number of para-hydroxylation sites is 1. The highest BCUT2D eigenvalue weighted by atomic mass is 79.9. The number of hydrogen-bond acceptors (Lipinski definition) is 7. The largest absolute Gasteiger partial charge is 0.496 e. The zero-order chi connectivity index (χ0) is 25.8. The van der Waals surface area contributed by atoms with Crippen LogP contribution in [0.2, 0.25) is 0 Å². The normalized spacial score (nSPS) is 15.4. The van der Waals surface area contributed by atoms with Crippen LogP contribution in [0.25, 0.3) is 6.08 Å². The lowest BCUT2D eigenvalue weighted by Crippen LogP contribution is -2.40. The first-order chi connectivity index (χ1) is 17.4. The van der Waals surface area contributed by atoms with Gasteiger partial charge in [-0.05, 0) is 50.6 Å². The van der Waals surface area contributed by atoms with Crippen LogP contribution in [0.3, 0.4) is 0 Å². The lowest BCUT2D eigenvalue weighted by Gasteiger charge is -2.26. The Balaban J connectivity index is 1.98. The lowest BCUT2D eigenvalue weighted by atomic mass is 9.95. The number of allylic oxidation sites excluding steroid dienone is 1. The van der Waals surface area contributed by atoms with Gasteiger partial charge < -0.3 is 14.2 Å². The summed E-state index contributed by atoms with van der Waals surface area (Å²) in [5.41, 5.74) is 2.03. The second kappa shape index (κ2) is 11.3. The van der Waals surface area contributed by atoms with Crippen LogP contribution in [0.1, 0.15) is 44.4 Å². The van der Waals surface area contributed by atoms with Gasteiger partial charge in [0.05, 0.1) is 36.1 Å². The smallest absolute Gasteiger partial charge is 0.338 e. The fraction of sp³-hybridized carbons (Fsp3) is 0.296. The summed E-state index contributed by atoms with van der Waals surface area (Å²) in [5, 5.41) is 0. The third kappa shape index (κ3) is 5.03. The van der Waals surface area contributed by atoms with E-state index in [1.165, 1.54) is 11.3 Å². The van der Waals surface area contributed by atoms with Crippen molar-refractivity contribution in [1.29, 1.82) is 0 Å². The minimum Gasteiger partial charge on any atom is -0.496 e. The number of carbonyl (C=O) groups excluding carboxylic acids is 1. The third-order valence-corrected chi connectivity index (χ3v) is 7.15. The molecule has 0 amide bonds. The third-order valence-electron chi connectivity index (χ3n) is 5.67. The zero-order valence-corrected chi connectivity index (χ0v) is 22.9. The highest BCUT2D eigenvalue weighted by molar-refractivity contribution is 9.10. The number of nitrogens with zero attached hydrogens (tertiary/aromatic N) is 2. The van der Waals surface area contributed by atoms with Gasteiger partial charge in [-0.2, -0.15) is 0 Å². The van der Waals surface area contributed by atoms with Crippen molar-refractivity contribution >= 4 is 39.3 Å². The van der Waals surface area contributed by atoms with Crippen molar-refractivity contribution in [2.24, 2.45) is 4.99 Å². The molecular weight excluding hydrogens is 544 g/mol. The van der Waals surface area contributed by atoms with E-state index in [0.717, 1.165) is 16.5 Å². The second-order valence-corrected chi connectivity index (χ2v) is 10.00. The van der Waals surface area contributed by atoms with Gasteiger partial charge in [0, 0.05) is 15.6 Å². The van der Waals surface area contributed by atoms with E-state index in [-0.39, 0.29) is 12.2 Å². The Bertz CT molecular complexity index is 1510. The van der Waals surface area contributed by atoms with Gasteiger partial charge >= 0.3 is 5.97 Å². The predicted octanol–water partition coefficient (Wildman–Crippen LogP) is 4.36. The van der Waals surface area contributed by atoms with E-state index in [1.807, 2.05) is 49.4 Å². The van der Waals surface area contributed by atoms with E-state index in [0.29, 0.717) is 44.3 Å². The standard InChI is InChI=1S/C27H27BrN2O5S/c1-5-13-35-21-10-8-7-9-19(21)24-23(26(32)34-6-2)16(3)29-27-30(24)25(31)22(36-27)15-17-14-18(28)11-12-20(17)33-4/h7-12,14-15,24H,5-6,13H2,1-4H3/b22-15-. The molecule has 0 fully saturated rings. The summed E-state index contributed by atoms with van der Waals surface area (Å²) in [5.74, 6) is 0.753. The number of esters is 1. The summed E-state index contributed by atoms with van der Waals surface area (Å²) in [6.45, 7) is 6.27. The van der Waals surface area contributed by atoms with Gasteiger partial charge in [-0.25, -0.2) is 9.79 Å². The van der Waals surface area contributed by atoms with E-state index in [9.17, 15) is 9.59 Å². The fourth-order valence-corrected chi connectivity index (χ4v) is 5.51. The molecule has 9 heteroatoms. The molecule has 0 N–H and O–H groups in total. The van der Waals surface area contributed by atoms with Gasteiger partial charge in [-0.3, -0.25) is 9.36 Å². The van der Waals surface area contributed by atoms with Gasteiger partial charge in [0.1, 0.15) is 17.5 Å². The molecule has 2 heterocycles. The molecule has 3 aromatic rings. The number of methoxy groups -OCH3 is 1. The maximum atomic E-state index is 13.9. The summed E-state index contributed by atoms with van der Waals surface area (Å²) in [6.07, 6.45) is 2.61. The Labute approximate surface area is 221 Å². The Morgan fingerprint density at radius 1 is 1.19 bits per heavy atom. The number of carbonyl (C=O) groups is 1. The molecule has 36 heavy (non-hydrogen) atoms. The van der Waals surface area contributed by atoms with Crippen molar-refractivity contribution < 1.29 is 19.0 Å². The number of thiazole rings is 1. The molecular formula is C27H27BrN2O5S. The molecule has 0 saturated heterocycles. The number of aromatic nitrogens is 1. The molecule has 0 saturated carbocycles. The second-order valence-electron chi connectivity index (χ2n) is 8.07. The highest BCUT2D eigenvalue weighted by Crippen LogP contribution is 2.36. The van der Waals surface area contributed by atoms with Crippen molar-refractivity contribution in [2.75, 3.05) is 20.3 Å². The van der Waals surface area contributed by atoms with Crippen LogP contribution in [0.5, 0.6) is 11.5 Å². The van der Waals surface area contributed by atoms with Crippen LogP contribution in [0, 0.1) is 0 Å². The maximum absolute atomic E-state index is 13.9. The molecule has 1 aliphatic heterocycles. The van der Waals surface area contributed by atoms with E-state index in [4.69, 9.17) is 14.2 Å². The molecule has 0 aliphatic carbocycles. The van der Waals surface area contributed by atoms with Gasteiger partial charge in [0.25, 0.3) is 5.56 Å². The van der Waals surface area contributed by atoms with Gasteiger partial charge in [0.2, 0.25) is 0 Å². The Hall–Kier alpha value is -3.17. The first kappa shape index (κ1) is 25.9. The molecule has 1 unspecified atom stereocenters. The average molecular weight is 571 g/mol. The lowest BCUT2D eigenvalue weighted by molar-refractivity contribution is -0.139. The Morgan fingerprint density at radius 2 is 1.97 bits per heavy atom. The van der Waals surface area contributed by atoms with Crippen molar-refractivity contribution in [1.82, 2.24) is 4.57 Å². The number of hydrogen-bond donors (Lipinski definition) is 0. The molecule has 0 spiro atoms. The highest BCUT2D eigenvalue weighted by Gasteiger charge is 2.35. The zero-order valence-electron chi connectivity index (χ0n) is 20.5.